The van der Waals surface area contributed by atoms with Gasteiger partial charge in [-0.05, 0) is 18.6 Å². The molecule has 1 amide bonds. The Morgan fingerprint density at radius 2 is 2.15 bits per heavy atom. The Morgan fingerprint density at radius 3 is 2.65 bits per heavy atom. The van der Waals surface area contributed by atoms with E-state index in [-0.39, 0.29) is 11.4 Å². The van der Waals surface area contributed by atoms with Crippen molar-refractivity contribution < 1.29 is 19.6 Å². The Morgan fingerprint density at radius 1 is 1.50 bits per heavy atom. The highest BCUT2D eigenvalue weighted by Gasteiger charge is 2.21. The Hall–Kier alpha value is -2.09. The maximum atomic E-state index is 11.0. The molecule has 0 aliphatic heterocycles. The molecule has 2 N–H and O–H groups in total. The molecule has 1 atom stereocenters. The van der Waals surface area contributed by atoms with Crippen molar-refractivity contribution in [3.05, 3.63) is 33.9 Å². The van der Waals surface area contributed by atoms with E-state index in [1.807, 2.05) is 0 Å². The number of thioether (sulfide) groups is 1. The smallest absolute Gasteiger partial charge is 0.327 e. The first-order valence-electron chi connectivity index (χ1n) is 5.69. The fraction of sp³-hybridized carbons (Fsp3) is 0.333. The predicted octanol–water partition coefficient (Wildman–Crippen LogP) is 1.58. The zero-order chi connectivity index (χ0) is 15.3. The topological polar surface area (TPSA) is 110 Å². The molecule has 0 aromatic heterocycles. The minimum atomic E-state index is -1.18. The molecule has 1 aromatic carbocycles. The van der Waals surface area contributed by atoms with Crippen LogP contribution in [0.3, 0.4) is 0 Å². The number of carbonyl (C=O) groups is 2. The van der Waals surface area contributed by atoms with E-state index in [4.69, 9.17) is 5.11 Å². The number of nitrogens with one attached hydrogen (secondary N) is 1. The number of nitro benzene ring substituents is 1. The molecule has 0 aliphatic rings. The number of aliphatic carboxylic acids is 1. The fourth-order valence-electron chi connectivity index (χ4n) is 1.48. The summed E-state index contributed by atoms with van der Waals surface area (Å²) in [7, 11) is 0. The van der Waals surface area contributed by atoms with Crippen LogP contribution >= 0.6 is 11.8 Å². The zero-order valence-corrected chi connectivity index (χ0v) is 11.8. The predicted molar refractivity (Wildman–Crippen MR) is 73.8 cm³/mol. The van der Waals surface area contributed by atoms with Gasteiger partial charge in [-0.25, -0.2) is 4.79 Å². The maximum absolute atomic E-state index is 11.0. The summed E-state index contributed by atoms with van der Waals surface area (Å²) in [4.78, 5) is 32.6. The number of carboxylic acids is 1. The lowest BCUT2D eigenvalue weighted by Gasteiger charge is -2.12. The van der Waals surface area contributed by atoms with Gasteiger partial charge < -0.3 is 10.4 Å². The molecule has 0 aliphatic carbocycles. The van der Waals surface area contributed by atoms with E-state index in [0.717, 1.165) is 17.3 Å². The van der Waals surface area contributed by atoms with Crippen LogP contribution in [0.5, 0.6) is 0 Å². The van der Waals surface area contributed by atoms with Crippen LogP contribution in [-0.4, -0.2) is 33.7 Å². The number of amides is 1. The van der Waals surface area contributed by atoms with Crippen LogP contribution in [0.1, 0.15) is 12.5 Å². The largest absolute Gasteiger partial charge is 0.480 e. The molecule has 1 aromatic rings. The van der Waals surface area contributed by atoms with Crippen molar-refractivity contribution in [2.75, 3.05) is 5.75 Å². The van der Waals surface area contributed by atoms with Crippen LogP contribution in [0, 0.1) is 17.0 Å². The quantitative estimate of drug-likeness (QED) is 0.469. The Labute approximate surface area is 119 Å². The normalized spacial score (nSPS) is 11.7. The summed E-state index contributed by atoms with van der Waals surface area (Å²) < 4.78 is 0. The number of nitro groups is 1. The zero-order valence-electron chi connectivity index (χ0n) is 11.0. The molecule has 108 valence electrons. The van der Waals surface area contributed by atoms with Gasteiger partial charge in [0.15, 0.2) is 0 Å². The van der Waals surface area contributed by atoms with Crippen molar-refractivity contribution in [3.63, 3.8) is 0 Å². The summed E-state index contributed by atoms with van der Waals surface area (Å²) in [6, 6.07) is 3.53. The van der Waals surface area contributed by atoms with Gasteiger partial charge in [0.1, 0.15) is 6.04 Å². The molecule has 0 bridgehead atoms. The van der Waals surface area contributed by atoms with Crippen LogP contribution in [-0.2, 0) is 9.59 Å². The first-order chi connectivity index (χ1) is 9.31. The molecular weight excluding hydrogens is 284 g/mol. The molecule has 1 rings (SSSR count). The molecule has 0 fully saturated rings. The first kappa shape index (κ1) is 16.0. The molecule has 0 radical (unpaired) electrons. The van der Waals surface area contributed by atoms with Gasteiger partial charge >= 0.3 is 5.97 Å². The minimum Gasteiger partial charge on any atom is -0.480 e. The number of aryl methyl sites for hydroxylation is 1. The molecule has 0 saturated heterocycles. The maximum Gasteiger partial charge on any atom is 0.327 e. The second-order valence-electron chi connectivity index (χ2n) is 4.13. The molecule has 8 heteroatoms. The molecular formula is C12H14N2O5S. The standard InChI is InChI=1S/C12H14N2O5S/c1-7-3-4-10(14(18)19)11(5-7)20-6-9(12(16)17)13-8(2)15/h3-5,9H,6H2,1-2H3,(H,13,15)(H,16,17)/t9-/m0/s1. The van der Waals surface area contributed by atoms with Gasteiger partial charge in [-0.1, -0.05) is 6.07 Å². The van der Waals surface area contributed by atoms with Crippen LogP contribution in [0.25, 0.3) is 0 Å². The third-order valence-corrected chi connectivity index (χ3v) is 3.53. The Kier molecular flexibility index (Phi) is 5.51. The van der Waals surface area contributed by atoms with Gasteiger partial charge in [-0.2, -0.15) is 0 Å². The van der Waals surface area contributed by atoms with Gasteiger partial charge in [-0.15, -0.1) is 11.8 Å². The number of hydrogen-bond donors (Lipinski definition) is 2. The minimum absolute atomic E-state index is 0.0131. The summed E-state index contributed by atoms with van der Waals surface area (Å²) in [5.41, 5.74) is 0.761. The third kappa shape index (κ3) is 4.54. The summed E-state index contributed by atoms with van der Waals surface area (Å²) in [6.45, 7) is 3.01. The van der Waals surface area contributed by atoms with Crippen molar-refractivity contribution >= 4 is 29.3 Å². The number of benzene rings is 1. The summed E-state index contributed by atoms with van der Waals surface area (Å²) in [5, 5.41) is 22.2. The summed E-state index contributed by atoms with van der Waals surface area (Å²) >= 11 is 1.03. The van der Waals surface area contributed by atoms with Crippen LogP contribution in [0.4, 0.5) is 5.69 Å². The second-order valence-corrected chi connectivity index (χ2v) is 5.19. The number of carbonyl (C=O) groups excluding carboxylic acids is 1. The van der Waals surface area contributed by atoms with Gasteiger partial charge in [0, 0.05) is 18.7 Å². The Balaban J connectivity index is 2.87. The number of nitrogens with zero attached hydrogens (tertiary/aromatic N) is 1. The number of rotatable bonds is 6. The van der Waals surface area contributed by atoms with Crippen molar-refractivity contribution in [1.29, 1.82) is 0 Å². The van der Waals surface area contributed by atoms with Crippen molar-refractivity contribution in [2.24, 2.45) is 0 Å². The van der Waals surface area contributed by atoms with E-state index in [9.17, 15) is 19.7 Å². The highest BCUT2D eigenvalue weighted by Crippen LogP contribution is 2.30. The second kappa shape index (κ2) is 6.90. The van der Waals surface area contributed by atoms with E-state index in [2.05, 4.69) is 5.32 Å². The molecule has 20 heavy (non-hydrogen) atoms. The first-order valence-corrected chi connectivity index (χ1v) is 6.67. The van der Waals surface area contributed by atoms with Gasteiger partial charge in [0.2, 0.25) is 5.91 Å². The van der Waals surface area contributed by atoms with Gasteiger partial charge in [0.05, 0.1) is 9.82 Å². The van der Waals surface area contributed by atoms with Crippen molar-refractivity contribution in [3.8, 4) is 0 Å². The molecule has 0 spiro atoms. The van der Waals surface area contributed by atoms with Crippen LogP contribution in [0.15, 0.2) is 23.1 Å². The SMILES string of the molecule is CC(=O)N[C@@H](CSc1cc(C)ccc1[N+](=O)[O-])C(=O)O. The number of carboxylic acid groups (broad SMARTS) is 1. The fourth-order valence-corrected chi connectivity index (χ4v) is 2.61. The van der Waals surface area contributed by atoms with Crippen molar-refractivity contribution in [1.82, 2.24) is 5.32 Å². The highest BCUT2D eigenvalue weighted by molar-refractivity contribution is 7.99. The van der Waals surface area contributed by atoms with E-state index in [0.29, 0.717) is 4.90 Å². The summed E-state index contributed by atoms with van der Waals surface area (Å²) in [5.74, 6) is -1.63. The van der Waals surface area contributed by atoms with Crippen molar-refractivity contribution in [2.45, 2.75) is 24.8 Å². The molecule has 0 heterocycles. The molecule has 7 nitrogen and oxygen atoms in total. The average Bonchev–Trinajstić information content (AvgIpc) is 2.33. The van der Waals surface area contributed by atoms with E-state index < -0.39 is 22.8 Å². The molecule has 0 unspecified atom stereocenters. The monoisotopic (exact) mass is 298 g/mol. The van der Waals surface area contributed by atoms with Crippen LogP contribution in [0.2, 0.25) is 0 Å². The molecule has 0 saturated carbocycles. The van der Waals surface area contributed by atoms with E-state index in [1.165, 1.54) is 13.0 Å². The summed E-state index contributed by atoms with van der Waals surface area (Å²) in [6.07, 6.45) is 0. The van der Waals surface area contributed by atoms with Crippen LogP contribution < -0.4 is 5.32 Å². The third-order valence-electron chi connectivity index (χ3n) is 2.39. The van der Waals surface area contributed by atoms with E-state index in [1.54, 1.807) is 19.1 Å². The van der Waals surface area contributed by atoms with E-state index >= 15 is 0 Å². The average molecular weight is 298 g/mol. The lowest BCUT2D eigenvalue weighted by atomic mass is 10.2. The number of hydrogen-bond acceptors (Lipinski definition) is 5. The highest BCUT2D eigenvalue weighted by atomic mass is 32.2. The lowest BCUT2D eigenvalue weighted by molar-refractivity contribution is -0.387. The van der Waals surface area contributed by atoms with Gasteiger partial charge in [-0.3, -0.25) is 14.9 Å². The lowest BCUT2D eigenvalue weighted by Crippen LogP contribution is -2.41. The Bertz CT molecular complexity index is 547. The van der Waals surface area contributed by atoms with Gasteiger partial charge in [0.25, 0.3) is 5.69 Å².